The van der Waals surface area contributed by atoms with Gasteiger partial charge in [0.2, 0.25) is 0 Å². The monoisotopic (exact) mass is 337 g/mol. The first-order chi connectivity index (χ1) is 10.9. The molecule has 2 aromatic carbocycles. The zero-order valence-corrected chi connectivity index (χ0v) is 13.4. The summed E-state index contributed by atoms with van der Waals surface area (Å²) < 4.78 is 56.3. The largest absolute Gasteiger partial charge is 0.237 e. The van der Waals surface area contributed by atoms with E-state index in [0.29, 0.717) is 5.56 Å². The highest BCUT2D eigenvalue weighted by atomic mass is 32.2. The van der Waals surface area contributed by atoms with Crippen molar-refractivity contribution in [3.8, 4) is 12.3 Å². The Morgan fingerprint density at radius 3 is 2.22 bits per heavy atom. The van der Waals surface area contributed by atoms with Crippen molar-refractivity contribution in [2.24, 2.45) is 0 Å². The van der Waals surface area contributed by atoms with Gasteiger partial charge in [-0.15, -0.1) is 6.42 Å². The second kappa shape index (κ2) is 6.99. The van der Waals surface area contributed by atoms with Crippen LogP contribution < -0.4 is 0 Å². The van der Waals surface area contributed by atoms with E-state index < -0.39 is 38.9 Å². The summed E-state index contributed by atoms with van der Waals surface area (Å²) in [6.45, 7) is 0. The van der Waals surface area contributed by atoms with E-state index in [1.165, 1.54) is 18.4 Å². The molecule has 0 saturated carbocycles. The second-order valence-corrected chi connectivity index (χ2v) is 6.63. The minimum Gasteiger partial charge on any atom is -0.237 e. The lowest BCUT2D eigenvalue weighted by molar-refractivity contribution is 0.462. The summed E-state index contributed by atoms with van der Waals surface area (Å²) in [6, 6.07) is 8.66. The van der Waals surface area contributed by atoms with Crippen LogP contribution in [0.25, 0.3) is 0 Å². The zero-order valence-electron chi connectivity index (χ0n) is 12.6. The van der Waals surface area contributed by atoms with Gasteiger partial charge in [0.15, 0.2) is 11.6 Å². The van der Waals surface area contributed by atoms with Crippen LogP contribution in [0.2, 0.25) is 0 Å². The number of hydrogen-bond acceptors (Lipinski definition) is 1. The van der Waals surface area contributed by atoms with Gasteiger partial charge in [-0.25, -0.2) is 21.7 Å². The molecule has 23 heavy (non-hydrogen) atoms. The van der Waals surface area contributed by atoms with E-state index in [1.54, 1.807) is 30.3 Å². The molecule has 0 aliphatic heterocycles. The molecule has 0 bridgehead atoms. The molecule has 0 amide bonds. The zero-order chi connectivity index (χ0) is 17.1. The second-order valence-electron chi connectivity index (χ2n) is 4.99. The number of nitrogens with zero attached hydrogens (tertiary/aromatic N) is 1. The molecular weight excluding hydrogens is 323 g/mol. The van der Waals surface area contributed by atoms with E-state index >= 15 is 0 Å². The summed E-state index contributed by atoms with van der Waals surface area (Å²) in [5, 5.41) is 0. The normalized spacial score (nSPS) is 12.2. The SMILES string of the molecule is C#Cc1c(F)c(F)c(S(=O)N(C)C)c(Cc2ccccc2)c1F. The molecule has 2 aromatic rings. The van der Waals surface area contributed by atoms with Crippen LogP contribution in [0, 0.1) is 29.8 Å². The maximum Gasteiger partial charge on any atom is 0.178 e. The highest BCUT2D eigenvalue weighted by Gasteiger charge is 2.28. The summed E-state index contributed by atoms with van der Waals surface area (Å²) in [6.07, 6.45) is 5.04. The van der Waals surface area contributed by atoms with Crippen LogP contribution in [0.1, 0.15) is 16.7 Å². The molecule has 1 atom stereocenters. The van der Waals surface area contributed by atoms with E-state index in [4.69, 9.17) is 6.42 Å². The van der Waals surface area contributed by atoms with Crippen molar-refractivity contribution in [2.45, 2.75) is 11.3 Å². The van der Waals surface area contributed by atoms with Gasteiger partial charge in [-0.05, 0) is 19.7 Å². The molecule has 1 unspecified atom stereocenters. The summed E-state index contributed by atoms with van der Waals surface area (Å²) in [7, 11) is 0.794. The molecule has 0 aliphatic rings. The third-order valence-electron chi connectivity index (χ3n) is 3.24. The van der Waals surface area contributed by atoms with Crippen LogP contribution in [0.3, 0.4) is 0 Å². The third kappa shape index (κ3) is 3.31. The van der Waals surface area contributed by atoms with Crippen molar-refractivity contribution in [1.82, 2.24) is 4.31 Å². The predicted molar refractivity (Wildman–Crippen MR) is 83.6 cm³/mol. The summed E-state index contributed by atoms with van der Waals surface area (Å²) in [5.74, 6) is -2.10. The first-order valence-electron chi connectivity index (χ1n) is 6.67. The van der Waals surface area contributed by atoms with Crippen LogP contribution in [-0.4, -0.2) is 22.6 Å². The summed E-state index contributed by atoms with van der Waals surface area (Å²) in [4.78, 5) is -0.521. The Kier molecular flexibility index (Phi) is 5.24. The fourth-order valence-electron chi connectivity index (χ4n) is 2.14. The predicted octanol–water partition coefficient (Wildman–Crippen LogP) is 3.26. The summed E-state index contributed by atoms with van der Waals surface area (Å²) in [5.41, 5.74) is -0.319. The fourth-order valence-corrected chi connectivity index (χ4v) is 3.12. The average Bonchev–Trinajstić information content (AvgIpc) is 2.54. The van der Waals surface area contributed by atoms with Gasteiger partial charge in [-0.3, -0.25) is 0 Å². The molecule has 0 fully saturated rings. The lowest BCUT2D eigenvalue weighted by Crippen LogP contribution is -2.20. The van der Waals surface area contributed by atoms with Crippen LogP contribution in [-0.2, 0) is 17.4 Å². The number of rotatable bonds is 4. The number of hydrogen-bond donors (Lipinski definition) is 0. The van der Waals surface area contributed by atoms with Crippen molar-refractivity contribution in [3.63, 3.8) is 0 Å². The van der Waals surface area contributed by atoms with Crippen molar-refractivity contribution in [2.75, 3.05) is 14.1 Å². The molecule has 0 radical (unpaired) electrons. The molecule has 0 aromatic heterocycles. The maximum atomic E-state index is 14.6. The van der Waals surface area contributed by atoms with Crippen molar-refractivity contribution >= 4 is 11.0 Å². The van der Waals surface area contributed by atoms with Crippen LogP contribution in [0.15, 0.2) is 35.2 Å². The first-order valence-corrected chi connectivity index (χ1v) is 7.78. The Hall–Kier alpha value is -2.10. The van der Waals surface area contributed by atoms with Gasteiger partial charge in [0, 0.05) is 12.0 Å². The molecule has 2 rings (SSSR count). The molecule has 0 heterocycles. The van der Waals surface area contributed by atoms with E-state index in [1.807, 2.05) is 5.92 Å². The maximum absolute atomic E-state index is 14.6. The Morgan fingerprint density at radius 1 is 1.09 bits per heavy atom. The molecule has 2 nitrogen and oxygen atoms in total. The molecule has 6 heteroatoms. The Morgan fingerprint density at radius 2 is 1.70 bits per heavy atom. The van der Waals surface area contributed by atoms with Gasteiger partial charge in [0.1, 0.15) is 16.8 Å². The Labute approximate surface area is 135 Å². The number of terminal acetylenes is 1. The van der Waals surface area contributed by atoms with E-state index in [9.17, 15) is 17.4 Å². The quantitative estimate of drug-likeness (QED) is 0.619. The number of halogens is 3. The van der Waals surface area contributed by atoms with Gasteiger partial charge in [0.05, 0.1) is 10.5 Å². The fraction of sp³-hybridized carbons (Fsp3) is 0.176. The lowest BCUT2D eigenvalue weighted by Gasteiger charge is -2.17. The van der Waals surface area contributed by atoms with E-state index in [2.05, 4.69) is 0 Å². The molecule has 0 saturated heterocycles. The van der Waals surface area contributed by atoms with E-state index in [0.717, 1.165) is 0 Å². The highest BCUT2D eigenvalue weighted by molar-refractivity contribution is 7.82. The Bertz CT molecular complexity index is 798. The first kappa shape index (κ1) is 17.3. The van der Waals surface area contributed by atoms with Crippen molar-refractivity contribution in [1.29, 1.82) is 0 Å². The van der Waals surface area contributed by atoms with Gasteiger partial charge in [-0.1, -0.05) is 36.3 Å². The number of benzene rings is 2. The molecule has 120 valence electrons. The Balaban J connectivity index is 2.74. The molecule has 0 N–H and O–H groups in total. The van der Waals surface area contributed by atoms with Crippen molar-refractivity contribution in [3.05, 3.63) is 64.5 Å². The smallest absolute Gasteiger partial charge is 0.178 e. The van der Waals surface area contributed by atoms with Gasteiger partial charge in [-0.2, -0.15) is 0 Å². The summed E-state index contributed by atoms with van der Waals surface area (Å²) >= 11 is 0. The third-order valence-corrected chi connectivity index (χ3v) is 4.68. The standard InChI is InChI=1S/C17H14F3NOS/c1-4-12-14(18)13(10-11-8-6-5-7-9-11)17(16(20)15(12)19)23(22)21(2)3/h1,5-9H,10H2,2-3H3. The lowest BCUT2D eigenvalue weighted by atomic mass is 10.0. The van der Waals surface area contributed by atoms with Crippen LogP contribution in [0.5, 0.6) is 0 Å². The van der Waals surface area contributed by atoms with Crippen LogP contribution in [0.4, 0.5) is 13.2 Å². The van der Waals surface area contributed by atoms with Gasteiger partial charge < -0.3 is 0 Å². The van der Waals surface area contributed by atoms with Crippen LogP contribution >= 0.6 is 0 Å². The van der Waals surface area contributed by atoms with E-state index in [-0.39, 0.29) is 12.0 Å². The minimum atomic E-state index is -2.05. The van der Waals surface area contributed by atoms with Gasteiger partial charge in [0.25, 0.3) is 0 Å². The van der Waals surface area contributed by atoms with Crippen molar-refractivity contribution < 1.29 is 17.4 Å². The topological polar surface area (TPSA) is 20.3 Å². The average molecular weight is 337 g/mol. The highest BCUT2D eigenvalue weighted by Crippen LogP contribution is 2.30. The molecular formula is C17H14F3NOS. The molecule has 0 aliphatic carbocycles. The van der Waals surface area contributed by atoms with Gasteiger partial charge >= 0.3 is 0 Å². The minimum absolute atomic E-state index is 0.0481. The molecule has 0 spiro atoms.